The lowest BCUT2D eigenvalue weighted by Crippen LogP contribution is -2.45. The third kappa shape index (κ3) is 2.87. The Labute approximate surface area is 119 Å². The van der Waals surface area contributed by atoms with Crippen LogP contribution in [0.1, 0.15) is 37.4 Å². The van der Waals surface area contributed by atoms with Crippen LogP contribution in [0.3, 0.4) is 0 Å². The minimum atomic E-state index is -0.770. The van der Waals surface area contributed by atoms with Gasteiger partial charge >= 0.3 is 0 Å². The minimum Gasteiger partial charge on any atom is -0.387 e. The van der Waals surface area contributed by atoms with Gasteiger partial charge in [-0.1, -0.05) is 24.6 Å². The Bertz CT molecular complexity index is 454. The molecule has 1 aromatic carbocycles. The molecule has 2 N–H and O–H groups in total. The lowest BCUT2D eigenvalue weighted by Gasteiger charge is -2.33. The summed E-state index contributed by atoms with van der Waals surface area (Å²) in [6, 6.07) is 7.52. The molecule has 1 aromatic rings. The maximum absolute atomic E-state index is 13.6. The largest absolute Gasteiger partial charge is 0.387 e. The van der Waals surface area contributed by atoms with E-state index in [1.807, 2.05) is 0 Å². The number of hydrogen-bond donors (Lipinski definition) is 2. The molecule has 3 unspecified atom stereocenters. The van der Waals surface area contributed by atoms with E-state index in [1.165, 1.54) is 31.9 Å². The van der Waals surface area contributed by atoms with Gasteiger partial charge < -0.3 is 10.4 Å². The van der Waals surface area contributed by atoms with Crippen LogP contribution in [0, 0.1) is 5.82 Å². The Balaban J connectivity index is 1.56. The van der Waals surface area contributed by atoms with Crippen LogP contribution < -0.4 is 5.32 Å². The number of halogens is 1. The van der Waals surface area contributed by atoms with Gasteiger partial charge in [0.05, 0.1) is 6.10 Å². The third-order valence-electron chi connectivity index (χ3n) is 4.69. The van der Waals surface area contributed by atoms with E-state index in [9.17, 15) is 9.50 Å². The van der Waals surface area contributed by atoms with Crippen molar-refractivity contribution in [3.05, 3.63) is 35.6 Å². The lowest BCUT2D eigenvalue weighted by atomic mass is 9.98. The smallest absolute Gasteiger partial charge is 0.129 e. The van der Waals surface area contributed by atoms with Gasteiger partial charge in [0.25, 0.3) is 0 Å². The number of aliphatic hydroxyl groups is 1. The number of fused-ring (bicyclic) bond motifs is 1. The Hall–Kier alpha value is -0.970. The van der Waals surface area contributed by atoms with Crippen molar-refractivity contribution in [1.29, 1.82) is 0 Å². The summed E-state index contributed by atoms with van der Waals surface area (Å²) in [4.78, 5) is 2.55. The molecule has 3 rings (SSSR count). The monoisotopic (exact) mass is 278 g/mol. The molecule has 3 atom stereocenters. The fourth-order valence-corrected chi connectivity index (χ4v) is 3.60. The van der Waals surface area contributed by atoms with Gasteiger partial charge in [-0.25, -0.2) is 4.39 Å². The number of piperidine rings is 1. The van der Waals surface area contributed by atoms with Crippen LogP contribution >= 0.6 is 0 Å². The number of rotatable bonds is 4. The molecule has 110 valence electrons. The molecule has 0 aliphatic carbocycles. The summed E-state index contributed by atoms with van der Waals surface area (Å²) in [7, 11) is 0. The highest BCUT2D eigenvalue weighted by Gasteiger charge is 2.35. The van der Waals surface area contributed by atoms with Crippen molar-refractivity contribution in [3.63, 3.8) is 0 Å². The highest BCUT2D eigenvalue weighted by molar-refractivity contribution is 5.20. The van der Waals surface area contributed by atoms with Crippen molar-refractivity contribution in [2.75, 3.05) is 19.6 Å². The zero-order valence-corrected chi connectivity index (χ0v) is 11.8. The van der Waals surface area contributed by atoms with E-state index < -0.39 is 6.10 Å². The molecule has 2 fully saturated rings. The number of aliphatic hydroxyl groups excluding tert-OH is 1. The van der Waals surface area contributed by atoms with Crippen LogP contribution in [0.25, 0.3) is 0 Å². The number of hydrogen-bond acceptors (Lipinski definition) is 3. The first-order valence-corrected chi connectivity index (χ1v) is 7.65. The second kappa shape index (κ2) is 6.20. The molecule has 0 bridgehead atoms. The molecule has 2 heterocycles. The summed E-state index contributed by atoms with van der Waals surface area (Å²) in [5.41, 5.74) is 0.387. The van der Waals surface area contributed by atoms with Crippen LogP contribution in [0.5, 0.6) is 0 Å². The van der Waals surface area contributed by atoms with Crippen molar-refractivity contribution in [1.82, 2.24) is 10.2 Å². The van der Waals surface area contributed by atoms with E-state index >= 15 is 0 Å². The van der Waals surface area contributed by atoms with Crippen molar-refractivity contribution >= 4 is 0 Å². The fourth-order valence-electron chi connectivity index (χ4n) is 3.60. The molecular weight excluding hydrogens is 255 g/mol. The molecule has 0 amide bonds. The topological polar surface area (TPSA) is 35.5 Å². The molecule has 4 heteroatoms. The predicted octanol–water partition coefficient (Wildman–Crippen LogP) is 2.08. The lowest BCUT2D eigenvalue weighted by molar-refractivity contribution is 0.148. The first-order valence-electron chi connectivity index (χ1n) is 7.65. The Morgan fingerprint density at radius 2 is 2.10 bits per heavy atom. The molecule has 3 nitrogen and oxygen atoms in total. The standard InChI is InChI=1S/C16H23FN2O/c17-13-6-2-1-5-12(13)16(20)11-18-14-8-10-19-9-4-3-7-15(14)19/h1-2,5-6,14-16,18,20H,3-4,7-11H2. The van der Waals surface area contributed by atoms with Gasteiger partial charge in [0, 0.05) is 30.7 Å². The zero-order chi connectivity index (χ0) is 13.9. The Morgan fingerprint density at radius 1 is 1.25 bits per heavy atom. The molecule has 0 spiro atoms. The third-order valence-corrected chi connectivity index (χ3v) is 4.69. The van der Waals surface area contributed by atoms with E-state index in [1.54, 1.807) is 18.2 Å². The SMILES string of the molecule is OC(CNC1CCN2CCCCC12)c1ccccc1F. The summed E-state index contributed by atoms with van der Waals surface area (Å²) in [6.07, 6.45) is 4.21. The summed E-state index contributed by atoms with van der Waals surface area (Å²) in [5.74, 6) is -0.326. The average Bonchev–Trinajstić information content (AvgIpc) is 2.88. The van der Waals surface area contributed by atoms with Crippen molar-refractivity contribution in [3.8, 4) is 0 Å². The van der Waals surface area contributed by atoms with E-state index in [0.29, 0.717) is 24.2 Å². The van der Waals surface area contributed by atoms with Crippen molar-refractivity contribution in [2.24, 2.45) is 0 Å². The van der Waals surface area contributed by atoms with Gasteiger partial charge in [0.2, 0.25) is 0 Å². The number of benzene rings is 1. The highest BCUT2D eigenvalue weighted by Crippen LogP contribution is 2.27. The van der Waals surface area contributed by atoms with Gasteiger partial charge in [-0.2, -0.15) is 0 Å². The van der Waals surface area contributed by atoms with Gasteiger partial charge in [-0.3, -0.25) is 4.90 Å². The van der Waals surface area contributed by atoms with Crippen LogP contribution in [0.2, 0.25) is 0 Å². The molecule has 0 saturated carbocycles. The van der Waals surface area contributed by atoms with Gasteiger partial charge in [0.15, 0.2) is 0 Å². The number of nitrogens with zero attached hydrogens (tertiary/aromatic N) is 1. The van der Waals surface area contributed by atoms with Crippen LogP contribution in [-0.2, 0) is 0 Å². The fraction of sp³-hybridized carbons (Fsp3) is 0.625. The molecule has 20 heavy (non-hydrogen) atoms. The molecule has 2 aliphatic rings. The Morgan fingerprint density at radius 3 is 2.95 bits per heavy atom. The van der Waals surface area contributed by atoms with E-state index in [0.717, 1.165) is 13.0 Å². The van der Waals surface area contributed by atoms with Crippen LogP contribution in [0.15, 0.2) is 24.3 Å². The minimum absolute atomic E-state index is 0.326. The normalized spacial score (nSPS) is 28.3. The maximum atomic E-state index is 13.6. The van der Waals surface area contributed by atoms with Crippen molar-refractivity contribution < 1.29 is 9.50 Å². The average molecular weight is 278 g/mol. The second-order valence-corrected chi connectivity index (χ2v) is 5.94. The summed E-state index contributed by atoms with van der Waals surface area (Å²) < 4.78 is 13.6. The molecule has 0 aromatic heterocycles. The van der Waals surface area contributed by atoms with Crippen molar-refractivity contribution in [2.45, 2.75) is 43.9 Å². The predicted molar refractivity (Wildman–Crippen MR) is 77.0 cm³/mol. The molecule has 0 radical (unpaired) electrons. The Kier molecular flexibility index (Phi) is 4.34. The van der Waals surface area contributed by atoms with E-state index in [-0.39, 0.29) is 5.82 Å². The molecular formula is C16H23FN2O. The van der Waals surface area contributed by atoms with Gasteiger partial charge in [-0.05, 0) is 31.9 Å². The first kappa shape index (κ1) is 14.0. The highest BCUT2D eigenvalue weighted by atomic mass is 19.1. The second-order valence-electron chi connectivity index (χ2n) is 5.94. The quantitative estimate of drug-likeness (QED) is 0.885. The van der Waals surface area contributed by atoms with Gasteiger partial charge in [-0.15, -0.1) is 0 Å². The number of nitrogens with one attached hydrogen (secondary N) is 1. The molecule has 2 saturated heterocycles. The molecule has 2 aliphatic heterocycles. The van der Waals surface area contributed by atoms with Crippen LogP contribution in [0.4, 0.5) is 4.39 Å². The van der Waals surface area contributed by atoms with Crippen LogP contribution in [-0.4, -0.2) is 41.7 Å². The zero-order valence-electron chi connectivity index (χ0n) is 11.8. The van der Waals surface area contributed by atoms with E-state index in [4.69, 9.17) is 0 Å². The maximum Gasteiger partial charge on any atom is 0.129 e. The first-order chi connectivity index (χ1) is 9.75. The summed E-state index contributed by atoms with van der Waals surface area (Å²) in [6.45, 7) is 2.78. The van der Waals surface area contributed by atoms with Gasteiger partial charge in [0.1, 0.15) is 5.82 Å². The van der Waals surface area contributed by atoms with E-state index in [2.05, 4.69) is 10.2 Å². The summed E-state index contributed by atoms with van der Waals surface area (Å²) >= 11 is 0. The summed E-state index contributed by atoms with van der Waals surface area (Å²) in [5, 5.41) is 13.6.